The molecule has 0 aromatic carbocycles. The molecule has 7 rings (SSSR count). The number of hydrogen-bond acceptors (Lipinski definition) is 7. The molecule has 0 unspecified atom stereocenters. The summed E-state index contributed by atoms with van der Waals surface area (Å²) < 4.78 is 23.6. The molecule has 37 heavy (non-hydrogen) atoms. The maximum absolute atomic E-state index is 14.8. The van der Waals surface area contributed by atoms with Crippen LogP contribution in [0.4, 0.5) is 10.1 Å². The Morgan fingerprint density at radius 3 is 2.78 bits per heavy atom. The van der Waals surface area contributed by atoms with Gasteiger partial charge < -0.3 is 14.5 Å². The first-order chi connectivity index (χ1) is 17.9. The average molecular weight is 505 g/mol. The number of amides is 1. The Kier molecular flexibility index (Phi) is 4.91. The molecule has 10 nitrogen and oxygen atoms in total. The highest BCUT2D eigenvalue weighted by Gasteiger charge is 2.50. The highest BCUT2D eigenvalue weighted by Crippen LogP contribution is 2.38. The van der Waals surface area contributed by atoms with Crippen molar-refractivity contribution in [3.05, 3.63) is 46.8 Å². The molecule has 4 aliphatic heterocycles. The van der Waals surface area contributed by atoms with Gasteiger partial charge in [0.05, 0.1) is 61.0 Å². The fraction of sp³-hybridized carbons (Fsp3) is 0.538. The number of anilines is 1. The molecule has 192 valence electrons. The standard InChI is InChI=1S/C26H29FN8O2/c1-16-5-19-21(9-31(16)11-24(36)33-12-26(13-33)14-37-15-26)30-34-17(2)8-32(10-23(19)34)22-4-3-18(6-28)35-25(22)20(27)7-29-35/h3-4,7,16-17H,5,8-15H2,1-2H3/t16-,17+/m0/s1. The number of nitriles is 1. The van der Waals surface area contributed by atoms with Gasteiger partial charge in [-0.2, -0.15) is 15.5 Å². The van der Waals surface area contributed by atoms with E-state index >= 15 is 0 Å². The normalized spacial score (nSPS) is 24.4. The zero-order chi connectivity index (χ0) is 25.5. The molecule has 1 spiro atoms. The summed E-state index contributed by atoms with van der Waals surface area (Å²) in [5.41, 5.74) is 4.98. The predicted octanol–water partition coefficient (Wildman–Crippen LogP) is 1.73. The number of likely N-dealkylation sites (tertiary alicyclic amines) is 1. The minimum Gasteiger partial charge on any atom is -0.380 e. The number of pyridine rings is 1. The van der Waals surface area contributed by atoms with Crippen molar-refractivity contribution < 1.29 is 13.9 Å². The molecular weight excluding hydrogens is 475 g/mol. The van der Waals surface area contributed by atoms with Crippen molar-refractivity contribution in [3.8, 4) is 6.07 Å². The van der Waals surface area contributed by atoms with Gasteiger partial charge in [0.15, 0.2) is 5.82 Å². The van der Waals surface area contributed by atoms with E-state index in [-0.39, 0.29) is 23.4 Å². The van der Waals surface area contributed by atoms with Crippen LogP contribution in [-0.4, -0.2) is 80.5 Å². The molecule has 0 saturated carbocycles. The first-order valence-electron chi connectivity index (χ1n) is 12.9. The Morgan fingerprint density at radius 1 is 1.24 bits per heavy atom. The van der Waals surface area contributed by atoms with E-state index in [1.807, 2.05) is 11.0 Å². The Balaban J connectivity index is 1.13. The van der Waals surface area contributed by atoms with Gasteiger partial charge in [-0.25, -0.2) is 8.91 Å². The van der Waals surface area contributed by atoms with E-state index in [4.69, 9.17) is 9.84 Å². The van der Waals surface area contributed by atoms with Crippen LogP contribution in [0.3, 0.4) is 0 Å². The molecule has 2 fully saturated rings. The van der Waals surface area contributed by atoms with Gasteiger partial charge in [-0.1, -0.05) is 0 Å². The SMILES string of the molecule is C[C@@H]1CN(c2ccc(C#N)n3ncc(F)c23)Cc2c3c(nn21)CN(CC(=O)N1CC2(COC2)C1)[C@@H](C)C3. The fourth-order valence-corrected chi connectivity index (χ4v) is 6.44. The van der Waals surface area contributed by atoms with Gasteiger partial charge in [0.25, 0.3) is 0 Å². The van der Waals surface area contributed by atoms with Crippen LogP contribution in [0.2, 0.25) is 0 Å². The Hall–Kier alpha value is -3.49. The second-order valence-electron chi connectivity index (χ2n) is 11.2. The van der Waals surface area contributed by atoms with Crippen molar-refractivity contribution in [2.24, 2.45) is 5.41 Å². The van der Waals surface area contributed by atoms with Gasteiger partial charge >= 0.3 is 0 Å². The van der Waals surface area contributed by atoms with Gasteiger partial charge in [0, 0.05) is 37.8 Å². The lowest BCUT2D eigenvalue weighted by molar-refractivity contribution is -0.196. The number of halogens is 1. The molecule has 3 aromatic heterocycles. The van der Waals surface area contributed by atoms with Crippen LogP contribution in [0.25, 0.3) is 5.52 Å². The molecule has 0 N–H and O–H groups in total. The molecule has 7 heterocycles. The molecule has 0 bridgehead atoms. The van der Waals surface area contributed by atoms with Gasteiger partial charge in [-0.3, -0.25) is 14.4 Å². The summed E-state index contributed by atoms with van der Waals surface area (Å²) in [6.07, 6.45) is 1.98. The minimum atomic E-state index is -0.437. The lowest BCUT2D eigenvalue weighted by Gasteiger charge is -2.55. The highest BCUT2D eigenvalue weighted by atomic mass is 19.1. The maximum atomic E-state index is 14.8. The van der Waals surface area contributed by atoms with Gasteiger partial charge in [-0.15, -0.1) is 0 Å². The lowest BCUT2D eigenvalue weighted by atomic mass is 9.78. The van der Waals surface area contributed by atoms with Crippen LogP contribution in [-0.2, 0) is 29.0 Å². The predicted molar refractivity (Wildman–Crippen MR) is 131 cm³/mol. The number of ether oxygens (including phenoxy) is 1. The fourth-order valence-electron chi connectivity index (χ4n) is 6.44. The molecule has 0 aliphatic carbocycles. The molecule has 2 atom stereocenters. The van der Waals surface area contributed by atoms with E-state index < -0.39 is 5.82 Å². The van der Waals surface area contributed by atoms with Crippen LogP contribution in [0.1, 0.15) is 42.5 Å². The largest absolute Gasteiger partial charge is 0.380 e. The van der Waals surface area contributed by atoms with Crippen LogP contribution in [0.5, 0.6) is 0 Å². The Morgan fingerprint density at radius 2 is 2.05 bits per heavy atom. The lowest BCUT2D eigenvalue weighted by Crippen LogP contribution is -2.68. The smallest absolute Gasteiger partial charge is 0.236 e. The van der Waals surface area contributed by atoms with E-state index in [0.717, 1.165) is 56.0 Å². The van der Waals surface area contributed by atoms with Crippen molar-refractivity contribution in [2.45, 2.75) is 45.4 Å². The third-order valence-electron chi connectivity index (χ3n) is 8.53. The van der Waals surface area contributed by atoms with Gasteiger partial charge in [-0.05, 0) is 32.4 Å². The Labute approximate surface area is 213 Å². The third-order valence-corrected chi connectivity index (χ3v) is 8.53. The summed E-state index contributed by atoms with van der Waals surface area (Å²) in [6, 6.07) is 5.89. The summed E-state index contributed by atoms with van der Waals surface area (Å²) in [5, 5.41) is 18.5. The third kappa shape index (κ3) is 3.39. The number of nitrogens with zero attached hydrogens (tertiary/aromatic N) is 8. The van der Waals surface area contributed by atoms with E-state index in [1.165, 1.54) is 10.1 Å². The topological polar surface area (TPSA) is 94.9 Å². The second-order valence-corrected chi connectivity index (χ2v) is 11.2. The zero-order valence-corrected chi connectivity index (χ0v) is 21.0. The molecule has 0 radical (unpaired) electrons. The zero-order valence-electron chi connectivity index (χ0n) is 21.0. The molecule has 11 heteroatoms. The van der Waals surface area contributed by atoms with Crippen LogP contribution >= 0.6 is 0 Å². The van der Waals surface area contributed by atoms with Crippen LogP contribution in [0, 0.1) is 22.6 Å². The van der Waals surface area contributed by atoms with E-state index in [1.54, 1.807) is 6.07 Å². The van der Waals surface area contributed by atoms with Crippen molar-refractivity contribution in [1.82, 2.24) is 29.2 Å². The highest BCUT2D eigenvalue weighted by molar-refractivity contribution is 5.79. The van der Waals surface area contributed by atoms with Crippen LogP contribution < -0.4 is 4.90 Å². The number of rotatable bonds is 3. The van der Waals surface area contributed by atoms with E-state index in [0.29, 0.717) is 37.4 Å². The van der Waals surface area contributed by atoms with Crippen molar-refractivity contribution in [2.75, 3.05) is 44.3 Å². The monoisotopic (exact) mass is 504 g/mol. The summed E-state index contributed by atoms with van der Waals surface area (Å²) in [7, 11) is 0. The van der Waals surface area contributed by atoms with Gasteiger partial charge in [0.1, 0.15) is 17.3 Å². The van der Waals surface area contributed by atoms with Crippen molar-refractivity contribution >= 4 is 17.1 Å². The summed E-state index contributed by atoms with van der Waals surface area (Å²) in [6.45, 7) is 9.79. The number of hydrogen-bond donors (Lipinski definition) is 0. The molecule has 2 saturated heterocycles. The second kappa shape index (κ2) is 8.00. The van der Waals surface area contributed by atoms with E-state index in [9.17, 15) is 14.4 Å². The van der Waals surface area contributed by atoms with Gasteiger partial charge in [0.2, 0.25) is 5.91 Å². The quantitative estimate of drug-likeness (QED) is 0.536. The first-order valence-corrected chi connectivity index (χ1v) is 12.9. The maximum Gasteiger partial charge on any atom is 0.236 e. The molecular formula is C26H29FN8O2. The summed E-state index contributed by atoms with van der Waals surface area (Å²) >= 11 is 0. The summed E-state index contributed by atoms with van der Waals surface area (Å²) in [4.78, 5) is 19.3. The number of carbonyl (C=O) groups excluding carboxylic acids is 1. The van der Waals surface area contributed by atoms with E-state index in [2.05, 4.69) is 39.5 Å². The Bertz CT molecular complexity index is 1460. The molecule has 3 aromatic rings. The minimum absolute atomic E-state index is 0.0865. The molecule has 4 aliphatic rings. The van der Waals surface area contributed by atoms with Crippen LogP contribution in [0.15, 0.2) is 18.3 Å². The number of fused-ring (bicyclic) bond motifs is 4. The average Bonchev–Trinajstić information content (AvgIpc) is 3.38. The first kappa shape index (κ1) is 22.7. The van der Waals surface area contributed by atoms with Crippen molar-refractivity contribution in [1.29, 1.82) is 5.26 Å². The van der Waals surface area contributed by atoms with Crippen molar-refractivity contribution in [3.63, 3.8) is 0 Å². The molecule has 1 amide bonds. The number of carbonyl (C=O) groups is 1. The number of aromatic nitrogens is 4. The summed E-state index contributed by atoms with van der Waals surface area (Å²) in [5.74, 6) is -0.253.